The molecule has 9 nitrogen and oxygen atoms in total. The SMILES string of the molecule is CCN1CCN(Cc2ccc(NC(=O)Nc3ccc(-c4cn(C5CC5)c5ncnc(N)c45)cc3F)cc2)CC1. The number of rotatable bonds is 7. The molecule has 2 aromatic carbocycles. The molecular formula is C29H33FN8O. The molecule has 0 unspecified atom stereocenters. The van der Waals surface area contributed by atoms with E-state index < -0.39 is 11.8 Å². The lowest BCUT2D eigenvalue weighted by molar-refractivity contribution is 0.132. The van der Waals surface area contributed by atoms with Crippen LogP contribution in [0.25, 0.3) is 22.2 Å². The summed E-state index contributed by atoms with van der Waals surface area (Å²) in [6.45, 7) is 8.50. The van der Waals surface area contributed by atoms with Gasteiger partial charge in [0.05, 0.1) is 11.1 Å². The molecule has 0 radical (unpaired) electrons. The van der Waals surface area contributed by atoms with Crippen LogP contribution in [-0.4, -0.2) is 63.1 Å². The number of halogens is 1. The molecule has 4 N–H and O–H groups in total. The van der Waals surface area contributed by atoms with Crippen LogP contribution in [0.2, 0.25) is 0 Å². The van der Waals surface area contributed by atoms with Crippen LogP contribution in [0.4, 0.5) is 26.4 Å². The molecule has 0 atom stereocenters. The largest absolute Gasteiger partial charge is 0.383 e. The average molecular weight is 529 g/mol. The summed E-state index contributed by atoms with van der Waals surface area (Å²) >= 11 is 0. The van der Waals surface area contributed by atoms with E-state index in [2.05, 4.69) is 41.9 Å². The van der Waals surface area contributed by atoms with E-state index in [4.69, 9.17) is 5.73 Å². The summed E-state index contributed by atoms with van der Waals surface area (Å²) in [5.74, 6) is -0.176. The summed E-state index contributed by atoms with van der Waals surface area (Å²) in [5.41, 5.74) is 10.3. The Morgan fingerprint density at radius 3 is 2.46 bits per heavy atom. The quantitative estimate of drug-likeness (QED) is 0.314. The van der Waals surface area contributed by atoms with E-state index in [1.165, 1.54) is 18.0 Å². The number of aromatic nitrogens is 3. The molecule has 3 heterocycles. The van der Waals surface area contributed by atoms with Crippen LogP contribution in [0.5, 0.6) is 0 Å². The monoisotopic (exact) mass is 528 g/mol. The Morgan fingerprint density at radius 2 is 1.77 bits per heavy atom. The molecule has 39 heavy (non-hydrogen) atoms. The van der Waals surface area contributed by atoms with Gasteiger partial charge in [0.25, 0.3) is 0 Å². The first-order valence-corrected chi connectivity index (χ1v) is 13.5. The van der Waals surface area contributed by atoms with E-state index in [0.29, 0.717) is 28.5 Å². The van der Waals surface area contributed by atoms with Crippen LogP contribution in [0.3, 0.4) is 0 Å². The summed E-state index contributed by atoms with van der Waals surface area (Å²) in [4.78, 5) is 26.1. The fourth-order valence-corrected chi connectivity index (χ4v) is 5.24. The molecule has 1 aliphatic carbocycles. The number of likely N-dealkylation sites (N-methyl/N-ethyl adjacent to an activating group) is 1. The molecule has 1 saturated heterocycles. The van der Waals surface area contributed by atoms with Crippen LogP contribution in [0.15, 0.2) is 55.0 Å². The fourth-order valence-electron chi connectivity index (χ4n) is 5.24. The molecule has 10 heteroatoms. The van der Waals surface area contributed by atoms with Crippen molar-refractivity contribution in [3.63, 3.8) is 0 Å². The number of amides is 2. The number of hydrogen-bond acceptors (Lipinski definition) is 6. The third kappa shape index (κ3) is 5.43. The molecule has 1 aliphatic heterocycles. The maximum atomic E-state index is 15.1. The normalized spacial score (nSPS) is 16.5. The topological polar surface area (TPSA) is 104 Å². The van der Waals surface area contributed by atoms with E-state index in [9.17, 15) is 4.79 Å². The molecule has 0 bridgehead atoms. The summed E-state index contributed by atoms with van der Waals surface area (Å²) in [6.07, 6.45) is 5.59. The third-order valence-electron chi connectivity index (χ3n) is 7.64. The molecule has 2 amide bonds. The van der Waals surface area contributed by atoms with Gasteiger partial charge in [0.15, 0.2) is 0 Å². The van der Waals surface area contributed by atoms with Gasteiger partial charge in [0.1, 0.15) is 23.6 Å². The van der Waals surface area contributed by atoms with Crippen LogP contribution < -0.4 is 16.4 Å². The van der Waals surface area contributed by atoms with Gasteiger partial charge in [0.2, 0.25) is 0 Å². The smallest absolute Gasteiger partial charge is 0.323 e. The molecule has 202 valence electrons. The minimum atomic E-state index is -0.538. The highest BCUT2D eigenvalue weighted by Gasteiger charge is 2.28. The number of fused-ring (bicyclic) bond motifs is 1. The Hall–Kier alpha value is -4.02. The third-order valence-corrected chi connectivity index (χ3v) is 7.64. The van der Waals surface area contributed by atoms with Crippen molar-refractivity contribution >= 4 is 34.3 Å². The standard InChI is InChI=1S/C29H33FN8O/c1-2-36-11-13-37(14-12-36)16-19-3-6-21(7-4-19)34-29(39)35-25-10-5-20(15-24(25)30)23-17-38(22-8-9-22)28-26(23)27(31)32-18-33-28/h3-7,10,15,17-18,22H,2,8-9,11-14,16H2,1H3,(H2,31,32,33)(H2,34,35,39). The van der Waals surface area contributed by atoms with E-state index in [0.717, 1.165) is 63.3 Å². The molecule has 2 fully saturated rings. The van der Waals surface area contributed by atoms with Gasteiger partial charge in [0, 0.05) is 56.2 Å². The molecular weight excluding hydrogens is 495 g/mol. The Labute approximate surface area is 226 Å². The maximum Gasteiger partial charge on any atom is 0.323 e. The van der Waals surface area contributed by atoms with Crippen molar-refractivity contribution in [3.8, 4) is 11.1 Å². The van der Waals surface area contributed by atoms with E-state index in [1.54, 1.807) is 12.1 Å². The van der Waals surface area contributed by atoms with Gasteiger partial charge in [-0.15, -0.1) is 0 Å². The number of urea groups is 1. The van der Waals surface area contributed by atoms with Crippen LogP contribution >= 0.6 is 0 Å². The van der Waals surface area contributed by atoms with Gasteiger partial charge in [-0.1, -0.05) is 25.1 Å². The number of nitrogens with one attached hydrogen (secondary N) is 2. The number of benzene rings is 2. The van der Waals surface area contributed by atoms with Gasteiger partial charge in [-0.2, -0.15) is 0 Å². The summed E-state index contributed by atoms with van der Waals surface area (Å²) < 4.78 is 17.2. The first kappa shape index (κ1) is 25.3. The van der Waals surface area contributed by atoms with E-state index in [-0.39, 0.29) is 5.69 Å². The van der Waals surface area contributed by atoms with Crippen molar-refractivity contribution in [3.05, 3.63) is 66.4 Å². The first-order chi connectivity index (χ1) is 19.0. The average Bonchev–Trinajstić information content (AvgIpc) is 3.71. The number of piperazine rings is 1. The highest BCUT2D eigenvalue weighted by molar-refractivity contribution is 6.02. The van der Waals surface area contributed by atoms with Crippen molar-refractivity contribution in [2.75, 3.05) is 49.1 Å². The second-order valence-corrected chi connectivity index (χ2v) is 10.3. The second kappa shape index (κ2) is 10.6. The minimum Gasteiger partial charge on any atom is -0.383 e. The van der Waals surface area contributed by atoms with E-state index in [1.807, 2.05) is 30.5 Å². The number of carbonyl (C=O) groups excluding carboxylic acids is 1. The number of nitrogens with two attached hydrogens (primary N) is 1. The van der Waals surface area contributed by atoms with Crippen LogP contribution in [0.1, 0.15) is 31.4 Å². The lowest BCUT2D eigenvalue weighted by Crippen LogP contribution is -2.45. The molecule has 6 rings (SSSR count). The molecule has 1 saturated carbocycles. The summed E-state index contributed by atoms with van der Waals surface area (Å²) in [7, 11) is 0. The minimum absolute atomic E-state index is 0.0919. The highest BCUT2D eigenvalue weighted by Crippen LogP contribution is 2.42. The Kier molecular flexibility index (Phi) is 6.88. The van der Waals surface area contributed by atoms with Crippen LogP contribution in [-0.2, 0) is 6.54 Å². The Morgan fingerprint density at radius 1 is 1.03 bits per heavy atom. The lowest BCUT2D eigenvalue weighted by atomic mass is 10.1. The van der Waals surface area contributed by atoms with Crippen molar-refractivity contribution in [1.29, 1.82) is 0 Å². The van der Waals surface area contributed by atoms with E-state index >= 15 is 4.39 Å². The zero-order valence-electron chi connectivity index (χ0n) is 22.0. The number of anilines is 3. The summed E-state index contributed by atoms with van der Waals surface area (Å²) in [5, 5.41) is 6.12. The number of nitrogens with zero attached hydrogens (tertiary/aromatic N) is 5. The zero-order valence-corrected chi connectivity index (χ0v) is 22.0. The molecule has 2 aliphatic rings. The number of carbonyl (C=O) groups is 1. The van der Waals surface area contributed by atoms with Gasteiger partial charge >= 0.3 is 6.03 Å². The van der Waals surface area contributed by atoms with Crippen LogP contribution in [0, 0.1) is 5.82 Å². The van der Waals surface area contributed by atoms with Crippen molar-refractivity contribution in [2.24, 2.45) is 0 Å². The number of nitrogen functional groups attached to an aromatic ring is 1. The van der Waals surface area contributed by atoms with Crippen molar-refractivity contribution in [2.45, 2.75) is 32.4 Å². The van der Waals surface area contributed by atoms with Gasteiger partial charge in [-0.3, -0.25) is 4.90 Å². The highest BCUT2D eigenvalue weighted by atomic mass is 19.1. The van der Waals surface area contributed by atoms with Gasteiger partial charge in [-0.25, -0.2) is 19.2 Å². The van der Waals surface area contributed by atoms with Gasteiger partial charge in [-0.05, 0) is 54.8 Å². The molecule has 2 aromatic heterocycles. The number of hydrogen-bond donors (Lipinski definition) is 3. The molecule has 0 spiro atoms. The van der Waals surface area contributed by atoms with Crippen molar-refractivity contribution < 1.29 is 9.18 Å². The molecule has 4 aromatic rings. The fraction of sp³-hybridized carbons (Fsp3) is 0.345. The predicted octanol–water partition coefficient (Wildman–Crippen LogP) is 4.94. The Balaban J connectivity index is 1.10. The van der Waals surface area contributed by atoms with Gasteiger partial charge < -0.3 is 25.8 Å². The first-order valence-electron chi connectivity index (χ1n) is 13.5. The zero-order chi connectivity index (χ0) is 26.9. The lowest BCUT2D eigenvalue weighted by Gasteiger charge is -2.34. The second-order valence-electron chi connectivity index (χ2n) is 10.3. The van der Waals surface area contributed by atoms with Crippen molar-refractivity contribution in [1.82, 2.24) is 24.3 Å². The summed E-state index contributed by atoms with van der Waals surface area (Å²) in [6, 6.07) is 12.4. The predicted molar refractivity (Wildman–Crippen MR) is 152 cm³/mol. The Bertz CT molecular complexity index is 1490. The maximum absolute atomic E-state index is 15.1.